The minimum absolute atomic E-state index is 0.186. The summed E-state index contributed by atoms with van der Waals surface area (Å²) in [5.74, 6) is 0. The van der Waals surface area contributed by atoms with Gasteiger partial charge in [0.25, 0.3) is 0 Å². The first-order valence-corrected chi connectivity index (χ1v) is 6.21. The van der Waals surface area contributed by atoms with Gasteiger partial charge in [0.05, 0.1) is 12.3 Å². The van der Waals surface area contributed by atoms with Gasteiger partial charge in [0, 0.05) is 37.6 Å². The van der Waals surface area contributed by atoms with E-state index in [0.29, 0.717) is 12.6 Å². The molecule has 2 N–H and O–H groups in total. The van der Waals surface area contributed by atoms with Crippen LogP contribution in [0.4, 0.5) is 5.69 Å². The number of aromatic nitrogens is 1. The van der Waals surface area contributed by atoms with Gasteiger partial charge in [-0.25, -0.2) is 0 Å². The van der Waals surface area contributed by atoms with Crippen LogP contribution >= 0.6 is 0 Å². The first-order valence-electron chi connectivity index (χ1n) is 6.21. The summed E-state index contributed by atoms with van der Waals surface area (Å²) in [6, 6.07) is 4.45. The number of nitrogens with one attached hydrogen (secondary N) is 1. The molecule has 0 aliphatic carbocycles. The molecule has 1 heterocycles. The van der Waals surface area contributed by atoms with Crippen LogP contribution in [0.2, 0.25) is 0 Å². The number of aliphatic hydroxyl groups excluding tert-OH is 1. The lowest BCUT2D eigenvalue weighted by Crippen LogP contribution is -2.33. The molecule has 0 radical (unpaired) electrons. The SMILES string of the molecule is CCNc1ccnc(CN(CCO)C(C)C)c1. The number of aliphatic hydroxyl groups is 1. The highest BCUT2D eigenvalue weighted by molar-refractivity contribution is 5.42. The van der Waals surface area contributed by atoms with Crippen LogP contribution in [0, 0.1) is 0 Å². The fraction of sp³-hybridized carbons (Fsp3) is 0.615. The topological polar surface area (TPSA) is 48.4 Å². The molecule has 0 aromatic carbocycles. The van der Waals surface area contributed by atoms with Crippen molar-refractivity contribution in [2.45, 2.75) is 33.4 Å². The van der Waals surface area contributed by atoms with E-state index in [0.717, 1.165) is 24.5 Å². The van der Waals surface area contributed by atoms with Crippen molar-refractivity contribution >= 4 is 5.69 Å². The zero-order chi connectivity index (χ0) is 12.7. The second-order valence-corrected chi connectivity index (χ2v) is 4.35. The average Bonchev–Trinajstić information content (AvgIpc) is 2.29. The van der Waals surface area contributed by atoms with Crippen LogP contribution in [0.25, 0.3) is 0 Å². The van der Waals surface area contributed by atoms with Gasteiger partial charge in [-0.2, -0.15) is 0 Å². The summed E-state index contributed by atoms with van der Waals surface area (Å²) >= 11 is 0. The van der Waals surface area contributed by atoms with E-state index in [1.807, 2.05) is 12.3 Å². The molecule has 0 fully saturated rings. The van der Waals surface area contributed by atoms with E-state index in [9.17, 15) is 0 Å². The maximum absolute atomic E-state index is 9.03. The van der Waals surface area contributed by atoms with Gasteiger partial charge < -0.3 is 10.4 Å². The Bertz CT molecular complexity index is 328. The lowest BCUT2D eigenvalue weighted by molar-refractivity contribution is 0.158. The summed E-state index contributed by atoms with van der Waals surface area (Å²) in [5.41, 5.74) is 2.14. The predicted octanol–water partition coefficient (Wildman–Crippen LogP) is 1.72. The summed E-state index contributed by atoms with van der Waals surface area (Å²) in [7, 11) is 0. The van der Waals surface area contributed by atoms with Crippen molar-refractivity contribution in [1.29, 1.82) is 0 Å². The van der Waals surface area contributed by atoms with Crippen molar-refractivity contribution in [3.63, 3.8) is 0 Å². The van der Waals surface area contributed by atoms with Gasteiger partial charge in [0.15, 0.2) is 0 Å². The lowest BCUT2D eigenvalue weighted by atomic mass is 10.2. The van der Waals surface area contributed by atoms with Crippen LogP contribution < -0.4 is 5.32 Å². The third-order valence-corrected chi connectivity index (χ3v) is 2.68. The first kappa shape index (κ1) is 13.9. The van der Waals surface area contributed by atoms with E-state index >= 15 is 0 Å². The number of pyridine rings is 1. The Morgan fingerprint density at radius 2 is 2.24 bits per heavy atom. The fourth-order valence-electron chi connectivity index (χ4n) is 1.74. The minimum atomic E-state index is 0.186. The van der Waals surface area contributed by atoms with E-state index in [1.54, 1.807) is 0 Å². The Hall–Kier alpha value is -1.13. The zero-order valence-corrected chi connectivity index (χ0v) is 11.0. The summed E-state index contributed by atoms with van der Waals surface area (Å²) in [6.45, 7) is 8.89. The van der Waals surface area contributed by atoms with Crippen molar-refractivity contribution in [3.05, 3.63) is 24.0 Å². The maximum Gasteiger partial charge on any atom is 0.0564 e. The molecule has 4 nitrogen and oxygen atoms in total. The molecule has 0 saturated carbocycles. The van der Waals surface area contributed by atoms with Gasteiger partial charge in [-0.1, -0.05) is 0 Å². The Morgan fingerprint density at radius 1 is 1.47 bits per heavy atom. The highest BCUT2D eigenvalue weighted by atomic mass is 16.3. The standard InChI is InChI=1S/C13H23N3O/c1-4-14-12-5-6-15-13(9-12)10-16(7-8-17)11(2)3/h5-6,9,11,17H,4,7-8,10H2,1-3H3,(H,14,15). The molecule has 1 rings (SSSR count). The molecular formula is C13H23N3O. The number of rotatable bonds is 7. The van der Waals surface area contributed by atoms with Crippen molar-refractivity contribution in [1.82, 2.24) is 9.88 Å². The highest BCUT2D eigenvalue weighted by Gasteiger charge is 2.10. The summed E-state index contributed by atoms with van der Waals surface area (Å²) in [4.78, 5) is 6.57. The van der Waals surface area contributed by atoms with Crippen molar-refractivity contribution in [3.8, 4) is 0 Å². The van der Waals surface area contributed by atoms with E-state index < -0.39 is 0 Å². The molecular weight excluding hydrogens is 214 g/mol. The quantitative estimate of drug-likeness (QED) is 0.758. The highest BCUT2D eigenvalue weighted by Crippen LogP contribution is 2.11. The third-order valence-electron chi connectivity index (χ3n) is 2.68. The monoisotopic (exact) mass is 237 g/mol. The van der Waals surface area contributed by atoms with Crippen LogP contribution in [-0.2, 0) is 6.54 Å². The van der Waals surface area contributed by atoms with Gasteiger partial charge in [0.1, 0.15) is 0 Å². The van der Waals surface area contributed by atoms with Crippen LogP contribution in [0.15, 0.2) is 18.3 Å². The molecule has 4 heteroatoms. The van der Waals surface area contributed by atoms with Gasteiger partial charge in [-0.05, 0) is 32.9 Å². The molecule has 0 amide bonds. The minimum Gasteiger partial charge on any atom is -0.395 e. The van der Waals surface area contributed by atoms with E-state index in [-0.39, 0.29) is 6.61 Å². The zero-order valence-electron chi connectivity index (χ0n) is 11.0. The van der Waals surface area contributed by atoms with Crippen LogP contribution in [0.1, 0.15) is 26.5 Å². The second kappa shape index (κ2) is 7.25. The van der Waals surface area contributed by atoms with Crippen molar-refractivity contribution in [2.24, 2.45) is 0 Å². The summed E-state index contributed by atoms with van der Waals surface area (Å²) in [5, 5.41) is 12.3. The van der Waals surface area contributed by atoms with Gasteiger partial charge >= 0.3 is 0 Å². The van der Waals surface area contributed by atoms with Crippen LogP contribution in [0.3, 0.4) is 0 Å². The molecule has 0 atom stereocenters. The van der Waals surface area contributed by atoms with Gasteiger partial charge in [-0.3, -0.25) is 9.88 Å². The number of hydrogen-bond donors (Lipinski definition) is 2. The molecule has 0 bridgehead atoms. The smallest absolute Gasteiger partial charge is 0.0564 e. The first-order chi connectivity index (χ1) is 8.17. The van der Waals surface area contributed by atoms with Crippen molar-refractivity contribution < 1.29 is 5.11 Å². The Labute approximate surface area is 104 Å². The van der Waals surface area contributed by atoms with Crippen LogP contribution in [0.5, 0.6) is 0 Å². The number of hydrogen-bond acceptors (Lipinski definition) is 4. The molecule has 0 saturated heterocycles. The second-order valence-electron chi connectivity index (χ2n) is 4.35. The number of anilines is 1. The largest absolute Gasteiger partial charge is 0.395 e. The third kappa shape index (κ3) is 4.71. The fourth-order valence-corrected chi connectivity index (χ4v) is 1.74. The molecule has 1 aromatic rings. The molecule has 96 valence electrons. The Kier molecular flexibility index (Phi) is 5.94. The Balaban J connectivity index is 2.68. The summed E-state index contributed by atoms with van der Waals surface area (Å²) in [6.07, 6.45) is 1.82. The molecule has 1 aromatic heterocycles. The van der Waals surface area contributed by atoms with E-state index in [1.165, 1.54) is 0 Å². The van der Waals surface area contributed by atoms with Crippen molar-refractivity contribution in [2.75, 3.05) is 25.0 Å². The predicted molar refractivity (Wildman–Crippen MR) is 71.0 cm³/mol. The van der Waals surface area contributed by atoms with Crippen LogP contribution in [-0.4, -0.2) is 40.7 Å². The molecule has 17 heavy (non-hydrogen) atoms. The lowest BCUT2D eigenvalue weighted by Gasteiger charge is -2.25. The van der Waals surface area contributed by atoms with E-state index in [2.05, 4.69) is 42.0 Å². The Morgan fingerprint density at radius 3 is 2.82 bits per heavy atom. The maximum atomic E-state index is 9.03. The number of nitrogens with zero attached hydrogens (tertiary/aromatic N) is 2. The molecule has 0 spiro atoms. The summed E-state index contributed by atoms with van der Waals surface area (Å²) < 4.78 is 0. The normalized spacial score (nSPS) is 11.2. The van der Waals surface area contributed by atoms with Gasteiger partial charge in [-0.15, -0.1) is 0 Å². The van der Waals surface area contributed by atoms with Gasteiger partial charge in [0.2, 0.25) is 0 Å². The van der Waals surface area contributed by atoms with E-state index in [4.69, 9.17) is 5.11 Å². The molecule has 0 unspecified atom stereocenters. The molecule has 0 aliphatic heterocycles. The average molecular weight is 237 g/mol. The molecule has 0 aliphatic rings.